The molecule has 0 unspecified atom stereocenters. The van der Waals surface area contributed by atoms with Crippen molar-refractivity contribution in [3.63, 3.8) is 0 Å². The average molecular weight is 354 g/mol. The molecule has 0 spiro atoms. The molecule has 2 aromatic rings. The molecule has 6 nitrogen and oxygen atoms in total. The van der Waals surface area contributed by atoms with Gasteiger partial charge in [-0.3, -0.25) is 4.79 Å². The van der Waals surface area contributed by atoms with E-state index in [1.165, 1.54) is 0 Å². The van der Waals surface area contributed by atoms with Gasteiger partial charge in [-0.15, -0.1) is 0 Å². The van der Waals surface area contributed by atoms with Crippen molar-refractivity contribution in [2.24, 2.45) is 4.99 Å². The molecule has 138 valence electrons. The molecule has 0 aromatic heterocycles. The van der Waals surface area contributed by atoms with Crippen LogP contribution in [0.15, 0.2) is 59.6 Å². The number of ether oxygens (including phenoxy) is 1. The predicted octanol–water partition coefficient (Wildman–Crippen LogP) is 2.73. The summed E-state index contributed by atoms with van der Waals surface area (Å²) < 4.78 is 5.18. The average Bonchev–Trinajstić information content (AvgIpc) is 2.66. The highest BCUT2D eigenvalue weighted by molar-refractivity contribution is 5.94. The largest absolute Gasteiger partial charge is 0.497 e. The van der Waals surface area contributed by atoms with Crippen LogP contribution in [0.4, 0.5) is 5.69 Å². The van der Waals surface area contributed by atoms with Gasteiger partial charge in [-0.25, -0.2) is 4.99 Å². The summed E-state index contributed by atoms with van der Waals surface area (Å²) in [5.74, 6) is 1.37. The molecule has 2 rings (SSSR count). The van der Waals surface area contributed by atoms with Crippen molar-refractivity contribution in [2.75, 3.05) is 32.6 Å². The van der Waals surface area contributed by atoms with E-state index in [9.17, 15) is 4.79 Å². The molecule has 6 heteroatoms. The zero-order chi connectivity index (χ0) is 18.8. The third kappa shape index (κ3) is 6.12. The number of benzene rings is 2. The lowest BCUT2D eigenvalue weighted by molar-refractivity contribution is -0.114. The highest BCUT2D eigenvalue weighted by atomic mass is 16.5. The smallest absolute Gasteiger partial charge is 0.246 e. The lowest BCUT2D eigenvalue weighted by Gasteiger charge is -2.22. The van der Waals surface area contributed by atoms with Crippen LogP contribution >= 0.6 is 0 Å². The molecule has 0 aliphatic rings. The molecule has 0 saturated carbocycles. The minimum atomic E-state index is -0.149. The highest BCUT2D eigenvalue weighted by Crippen LogP contribution is 2.12. The Morgan fingerprint density at radius 1 is 1.12 bits per heavy atom. The van der Waals surface area contributed by atoms with Crippen LogP contribution in [0.25, 0.3) is 0 Å². The Balaban J connectivity index is 1.96. The summed E-state index contributed by atoms with van der Waals surface area (Å²) in [6.07, 6.45) is 0. The Morgan fingerprint density at radius 3 is 2.42 bits per heavy atom. The van der Waals surface area contributed by atoms with Crippen molar-refractivity contribution in [1.29, 1.82) is 0 Å². The van der Waals surface area contributed by atoms with Gasteiger partial charge in [0.1, 0.15) is 12.3 Å². The first-order chi connectivity index (χ1) is 12.6. The van der Waals surface area contributed by atoms with Crippen molar-refractivity contribution < 1.29 is 9.53 Å². The molecule has 26 heavy (non-hydrogen) atoms. The Labute approximate surface area is 154 Å². The van der Waals surface area contributed by atoms with Gasteiger partial charge >= 0.3 is 0 Å². The molecule has 1 amide bonds. The lowest BCUT2D eigenvalue weighted by Crippen LogP contribution is -2.39. The van der Waals surface area contributed by atoms with Gasteiger partial charge in [0.2, 0.25) is 5.91 Å². The van der Waals surface area contributed by atoms with Gasteiger partial charge in [-0.05, 0) is 36.8 Å². The predicted molar refractivity (Wildman–Crippen MR) is 106 cm³/mol. The molecule has 0 heterocycles. The fraction of sp³-hybridized carbons (Fsp3) is 0.300. The number of aliphatic imine (C=N–C) groups is 1. The van der Waals surface area contributed by atoms with Crippen molar-refractivity contribution in [2.45, 2.75) is 13.5 Å². The first-order valence-electron chi connectivity index (χ1n) is 8.59. The number of methoxy groups -OCH3 is 1. The minimum Gasteiger partial charge on any atom is -0.497 e. The van der Waals surface area contributed by atoms with Crippen LogP contribution < -0.4 is 15.4 Å². The summed E-state index contributed by atoms with van der Waals surface area (Å²) in [5, 5.41) is 6.05. The first-order valence-corrected chi connectivity index (χ1v) is 8.59. The Morgan fingerprint density at radius 2 is 1.81 bits per heavy atom. The molecule has 0 bridgehead atoms. The molecular formula is C20H26N4O2. The van der Waals surface area contributed by atoms with E-state index in [0.29, 0.717) is 12.5 Å². The van der Waals surface area contributed by atoms with E-state index in [2.05, 4.69) is 15.6 Å². The van der Waals surface area contributed by atoms with Crippen LogP contribution in [-0.4, -0.2) is 44.0 Å². The first kappa shape index (κ1) is 19.3. The van der Waals surface area contributed by atoms with Gasteiger partial charge in [0.05, 0.1) is 7.11 Å². The van der Waals surface area contributed by atoms with Crippen LogP contribution in [0, 0.1) is 0 Å². The number of nitrogens with one attached hydrogen (secondary N) is 2. The topological polar surface area (TPSA) is 66.0 Å². The van der Waals surface area contributed by atoms with Gasteiger partial charge < -0.3 is 20.3 Å². The summed E-state index contributed by atoms with van der Waals surface area (Å²) in [6, 6.07) is 17.3. The van der Waals surface area contributed by atoms with Gasteiger partial charge in [-0.1, -0.05) is 30.3 Å². The molecule has 2 N–H and O–H groups in total. The molecular weight excluding hydrogens is 328 g/mol. The van der Waals surface area contributed by atoms with Crippen molar-refractivity contribution in [3.05, 3.63) is 60.2 Å². The van der Waals surface area contributed by atoms with Crippen molar-refractivity contribution >= 4 is 17.6 Å². The molecule has 0 aliphatic carbocycles. The van der Waals surface area contributed by atoms with E-state index in [1.807, 2.05) is 73.5 Å². The quantitative estimate of drug-likeness (QED) is 0.593. The Bertz CT molecular complexity index is 714. The summed E-state index contributed by atoms with van der Waals surface area (Å²) in [5.41, 5.74) is 1.90. The number of hydrogen-bond acceptors (Lipinski definition) is 3. The van der Waals surface area contributed by atoms with E-state index in [1.54, 1.807) is 7.11 Å². The number of guanidine groups is 1. The second kappa shape index (κ2) is 10.1. The number of carbonyl (C=O) groups is 1. The number of hydrogen-bond donors (Lipinski definition) is 2. The second-order valence-electron chi connectivity index (χ2n) is 5.79. The maximum absolute atomic E-state index is 12.1. The fourth-order valence-electron chi connectivity index (χ4n) is 2.42. The molecule has 0 saturated heterocycles. The van der Waals surface area contributed by atoms with Crippen LogP contribution in [0.3, 0.4) is 0 Å². The molecule has 0 atom stereocenters. The summed E-state index contributed by atoms with van der Waals surface area (Å²) in [6.45, 7) is 3.47. The number of carbonyl (C=O) groups excluding carboxylic acids is 1. The maximum Gasteiger partial charge on any atom is 0.246 e. The van der Waals surface area contributed by atoms with E-state index in [0.717, 1.165) is 23.5 Å². The summed E-state index contributed by atoms with van der Waals surface area (Å²) in [7, 11) is 3.60. The SMILES string of the molecule is CCNC(=NCC(=O)Nc1ccccc1)N(C)Cc1ccc(OC)cc1. The number of rotatable bonds is 7. The van der Waals surface area contributed by atoms with Gasteiger partial charge in [0.25, 0.3) is 0 Å². The highest BCUT2D eigenvalue weighted by Gasteiger charge is 2.08. The second-order valence-corrected chi connectivity index (χ2v) is 5.79. The number of amides is 1. The van der Waals surface area contributed by atoms with Gasteiger partial charge in [-0.2, -0.15) is 0 Å². The van der Waals surface area contributed by atoms with Gasteiger partial charge in [0.15, 0.2) is 5.96 Å². The molecule has 0 fully saturated rings. The number of anilines is 1. The normalized spacial score (nSPS) is 11.0. The fourth-order valence-corrected chi connectivity index (χ4v) is 2.42. The molecule has 0 aliphatic heterocycles. The zero-order valence-electron chi connectivity index (χ0n) is 15.5. The Hall–Kier alpha value is -3.02. The van der Waals surface area contributed by atoms with Crippen LogP contribution in [-0.2, 0) is 11.3 Å². The van der Waals surface area contributed by atoms with Crippen molar-refractivity contribution in [1.82, 2.24) is 10.2 Å². The Kier molecular flexibility index (Phi) is 7.49. The maximum atomic E-state index is 12.1. The molecule has 2 aromatic carbocycles. The van der Waals surface area contributed by atoms with Crippen LogP contribution in [0.5, 0.6) is 5.75 Å². The van der Waals surface area contributed by atoms with Gasteiger partial charge in [0, 0.05) is 25.8 Å². The molecule has 0 radical (unpaired) electrons. The monoisotopic (exact) mass is 354 g/mol. The van der Waals surface area contributed by atoms with Crippen LogP contribution in [0.1, 0.15) is 12.5 Å². The minimum absolute atomic E-state index is 0.0597. The van der Waals surface area contributed by atoms with Crippen LogP contribution in [0.2, 0.25) is 0 Å². The third-order valence-electron chi connectivity index (χ3n) is 3.71. The standard InChI is InChI=1S/C20H26N4O2/c1-4-21-20(22-14-19(25)23-17-8-6-5-7-9-17)24(2)15-16-10-12-18(26-3)13-11-16/h5-13H,4,14-15H2,1-3H3,(H,21,22)(H,23,25). The van der Waals surface area contributed by atoms with E-state index in [4.69, 9.17) is 4.74 Å². The lowest BCUT2D eigenvalue weighted by atomic mass is 10.2. The van der Waals surface area contributed by atoms with E-state index >= 15 is 0 Å². The summed E-state index contributed by atoms with van der Waals surface area (Å²) >= 11 is 0. The third-order valence-corrected chi connectivity index (χ3v) is 3.71. The van der Waals surface area contributed by atoms with E-state index in [-0.39, 0.29) is 12.5 Å². The van der Waals surface area contributed by atoms with E-state index < -0.39 is 0 Å². The summed E-state index contributed by atoms with van der Waals surface area (Å²) in [4.78, 5) is 18.5. The number of para-hydroxylation sites is 1. The number of nitrogens with zero attached hydrogens (tertiary/aromatic N) is 2. The van der Waals surface area contributed by atoms with Crippen molar-refractivity contribution in [3.8, 4) is 5.75 Å². The zero-order valence-corrected chi connectivity index (χ0v) is 15.5.